The summed E-state index contributed by atoms with van der Waals surface area (Å²) >= 11 is 0. The van der Waals surface area contributed by atoms with Crippen molar-refractivity contribution in [2.24, 2.45) is 0 Å². The molecule has 16 heavy (non-hydrogen) atoms. The molecule has 94 valence electrons. The first-order valence-electron chi connectivity index (χ1n) is 5.61. The summed E-state index contributed by atoms with van der Waals surface area (Å²) in [5.41, 5.74) is 0. The van der Waals surface area contributed by atoms with Gasteiger partial charge in [-0.15, -0.1) is 0 Å². The maximum atomic E-state index is 11.5. The van der Waals surface area contributed by atoms with E-state index in [-0.39, 0.29) is 23.9 Å². The Kier molecular flexibility index (Phi) is 4.58. The summed E-state index contributed by atoms with van der Waals surface area (Å²) in [4.78, 5) is 11.5. The predicted octanol–water partition coefficient (Wildman–Crippen LogP) is 0.661. The van der Waals surface area contributed by atoms with Gasteiger partial charge in [0.05, 0.1) is 5.75 Å². The zero-order valence-corrected chi connectivity index (χ0v) is 10.6. The van der Waals surface area contributed by atoms with Gasteiger partial charge in [-0.2, -0.15) is 0 Å². The van der Waals surface area contributed by atoms with E-state index in [9.17, 15) is 13.2 Å². The molecule has 1 unspecified atom stereocenters. The normalized spacial score (nSPS) is 19.4. The zero-order chi connectivity index (χ0) is 12.2. The monoisotopic (exact) mass is 248 g/mol. The van der Waals surface area contributed by atoms with Crippen LogP contribution in [0.2, 0.25) is 0 Å². The van der Waals surface area contributed by atoms with Crippen LogP contribution in [-0.4, -0.2) is 38.5 Å². The van der Waals surface area contributed by atoms with E-state index < -0.39 is 9.84 Å². The van der Waals surface area contributed by atoms with Crippen molar-refractivity contribution in [1.29, 1.82) is 0 Å². The topological polar surface area (TPSA) is 75.3 Å². The molecular formula is C10H20N2O3S. The van der Waals surface area contributed by atoms with E-state index in [1.54, 1.807) is 6.92 Å². The Balaban J connectivity index is 2.27. The van der Waals surface area contributed by atoms with Crippen LogP contribution in [-0.2, 0) is 9.84 Å². The lowest BCUT2D eigenvalue weighted by Gasteiger charge is -2.16. The molecule has 0 aromatic carbocycles. The van der Waals surface area contributed by atoms with Gasteiger partial charge in [0.25, 0.3) is 0 Å². The van der Waals surface area contributed by atoms with Gasteiger partial charge >= 0.3 is 6.03 Å². The van der Waals surface area contributed by atoms with Gasteiger partial charge in [-0.05, 0) is 19.8 Å². The molecule has 0 aromatic rings. The predicted molar refractivity (Wildman–Crippen MR) is 63.1 cm³/mol. The minimum absolute atomic E-state index is 0.0227. The number of amides is 2. The number of carbonyl (C=O) groups excluding carboxylic acids is 1. The van der Waals surface area contributed by atoms with Gasteiger partial charge in [-0.25, -0.2) is 13.2 Å². The fourth-order valence-electron chi connectivity index (χ4n) is 2.02. The van der Waals surface area contributed by atoms with Gasteiger partial charge in [-0.3, -0.25) is 0 Å². The summed E-state index contributed by atoms with van der Waals surface area (Å²) in [5, 5.41) is 5.48. The lowest BCUT2D eigenvalue weighted by atomic mass is 10.2. The lowest BCUT2D eigenvalue weighted by molar-refractivity contribution is 0.235. The quantitative estimate of drug-likeness (QED) is 0.767. The maximum absolute atomic E-state index is 11.5. The fourth-order valence-corrected chi connectivity index (χ4v) is 3.01. The second-order valence-electron chi connectivity index (χ2n) is 4.59. The second-order valence-corrected chi connectivity index (χ2v) is 6.78. The summed E-state index contributed by atoms with van der Waals surface area (Å²) in [7, 11) is -3.04. The number of urea groups is 1. The first-order valence-corrected chi connectivity index (χ1v) is 7.67. The first kappa shape index (κ1) is 13.3. The number of rotatable bonds is 4. The van der Waals surface area contributed by atoms with Crippen LogP contribution in [0, 0.1) is 0 Å². The van der Waals surface area contributed by atoms with Crippen molar-refractivity contribution in [1.82, 2.24) is 10.6 Å². The zero-order valence-electron chi connectivity index (χ0n) is 9.82. The minimum Gasteiger partial charge on any atom is -0.335 e. The third-order valence-electron chi connectivity index (χ3n) is 2.62. The number of carbonyl (C=O) groups is 1. The summed E-state index contributed by atoms with van der Waals surface area (Å²) in [6.07, 6.45) is 5.52. The molecule has 1 fully saturated rings. The molecule has 0 radical (unpaired) electrons. The van der Waals surface area contributed by atoms with Crippen LogP contribution in [0.5, 0.6) is 0 Å². The van der Waals surface area contributed by atoms with Crippen LogP contribution >= 0.6 is 0 Å². The molecule has 0 bridgehead atoms. The Bertz CT molecular complexity index is 334. The standard InChI is InChI=1S/C10H20N2O3S/c1-8(7-16(2,14)15)11-10(13)12-9-5-3-4-6-9/h8-9H,3-7H2,1-2H3,(H2,11,12,13). The highest BCUT2D eigenvalue weighted by Crippen LogP contribution is 2.17. The van der Waals surface area contributed by atoms with Crippen LogP contribution in [0.3, 0.4) is 0 Å². The molecule has 0 aliphatic heterocycles. The van der Waals surface area contributed by atoms with E-state index in [0.717, 1.165) is 25.7 Å². The highest BCUT2D eigenvalue weighted by atomic mass is 32.2. The van der Waals surface area contributed by atoms with Crippen molar-refractivity contribution >= 4 is 15.9 Å². The molecule has 2 amide bonds. The third kappa shape index (κ3) is 5.34. The lowest BCUT2D eigenvalue weighted by Crippen LogP contribution is -2.46. The molecule has 1 rings (SSSR count). The van der Waals surface area contributed by atoms with E-state index in [1.807, 2.05) is 0 Å². The number of sulfone groups is 1. The van der Waals surface area contributed by atoms with Gasteiger partial charge in [-0.1, -0.05) is 12.8 Å². The van der Waals surface area contributed by atoms with Crippen LogP contribution in [0.4, 0.5) is 4.79 Å². The fraction of sp³-hybridized carbons (Fsp3) is 0.900. The molecule has 1 saturated carbocycles. The van der Waals surface area contributed by atoms with E-state index in [2.05, 4.69) is 10.6 Å². The minimum atomic E-state index is -3.04. The maximum Gasteiger partial charge on any atom is 0.315 e. The van der Waals surface area contributed by atoms with E-state index in [0.29, 0.717) is 0 Å². The summed E-state index contributed by atoms with van der Waals surface area (Å²) < 4.78 is 22.0. The van der Waals surface area contributed by atoms with E-state index in [1.165, 1.54) is 6.26 Å². The first-order chi connectivity index (χ1) is 7.37. The molecule has 2 N–H and O–H groups in total. The molecule has 1 aliphatic rings. The summed E-state index contributed by atoms with van der Waals surface area (Å²) in [6, 6.07) is -0.357. The average Bonchev–Trinajstić information content (AvgIpc) is 2.51. The van der Waals surface area contributed by atoms with Crippen LogP contribution in [0.25, 0.3) is 0 Å². The SMILES string of the molecule is CC(CS(C)(=O)=O)NC(=O)NC1CCCC1. The van der Waals surface area contributed by atoms with Crippen molar-refractivity contribution in [2.45, 2.75) is 44.7 Å². The van der Waals surface area contributed by atoms with E-state index >= 15 is 0 Å². The van der Waals surface area contributed by atoms with Gasteiger partial charge in [0.2, 0.25) is 0 Å². The molecule has 6 heteroatoms. The number of hydrogen-bond donors (Lipinski definition) is 2. The van der Waals surface area contributed by atoms with Gasteiger partial charge in [0, 0.05) is 18.3 Å². The molecule has 0 heterocycles. The molecular weight excluding hydrogens is 228 g/mol. The Hall–Kier alpha value is -0.780. The van der Waals surface area contributed by atoms with E-state index in [4.69, 9.17) is 0 Å². The smallest absolute Gasteiger partial charge is 0.315 e. The molecule has 0 aromatic heterocycles. The number of nitrogens with one attached hydrogen (secondary N) is 2. The molecule has 0 saturated heterocycles. The van der Waals surface area contributed by atoms with Crippen molar-refractivity contribution in [3.05, 3.63) is 0 Å². The molecule has 0 spiro atoms. The van der Waals surface area contributed by atoms with Crippen molar-refractivity contribution < 1.29 is 13.2 Å². The Morgan fingerprint density at radius 1 is 1.38 bits per heavy atom. The van der Waals surface area contributed by atoms with Crippen LogP contribution < -0.4 is 10.6 Å². The largest absolute Gasteiger partial charge is 0.335 e. The van der Waals surface area contributed by atoms with Crippen molar-refractivity contribution in [2.75, 3.05) is 12.0 Å². The molecule has 1 aliphatic carbocycles. The third-order valence-corrected chi connectivity index (χ3v) is 3.73. The highest BCUT2D eigenvalue weighted by Gasteiger charge is 2.18. The average molecular weight is 248 g/mol. The van der Waals surface area contributed by atoms with Gasteiger partial charge < -0.3 is 10.6 Å². The van der Waals surface area contributed by atoms with Crippen molar-refractivity contribution in [3.63, 3.8) is 0 Å². The number of hydrogen-bond acceptors (Lipinski definition) is 3. The molecule has 1 atom stereocenters. The highest BCUT2D eigenvalue weighted by molar-refractivity contribution is 7.90. The second kappa shape index (κ2) is 5.52. The summed E-state index contributed by atoms with van der Waals surface area (Å²) in [5.74, 6) is -0.0227. The van der Waals surface area contributed by atoms with Crippen molar-refractivity contribution in [3.8, 4) is 0 Å². The molecule has 5 nitrogen and oxygen atoms in total. The Labute approximate surface area is 96.9 Å². The Morgan fingerprint density at radius 3 is 2.44 bits per heavy atom. The van der Waals surface area contributed by atoms with Crippen LogP contribution in [0.15, 0.2) is 0 Å². The van der Waals surface area contributed by atoms with Gasteiger partial charge in [0.15, 0.2) is 0 Å². The van der Waals surface area contributed by atoms with Gasteiger partial charge in [0.1, 0.15) is 9.84 Å². The Morgan fingerprint density at radius 2 is 1.94 bits per heavy atom. The summed E-state index contributed by atoms with van der Waals surface area (Å²) in [6.45, 7) is 1.69. The van der Waals surface area contributed by atoms with Crippen LogP contribution in [0.1, 0.15) is 32.6 Å².